The Labute approximate surface area is 123 Å². The SMILES string of the molecule is CC(C)C[C@]1(C)[C@]2(C#N)C(N)=[NH+][C@@]3(OCCS3)[C@]12C#N. The molecule has 2 heterocycles. The molecule has 0 aromatic heterocycles. The molecule has 1 saturated heterocycles. The highest BCUT2D eigenvalue weighted by molar-refractivity contribution is 8.00. The summed E-state index contributed by atoms with van der Waals surface area (Å²) in [4.78, 5) is 3.13. The van der Waals surface area contributed by atoms with E-state index in [0.29, 0.717) is 18.4 Å². The Bertz CT molecular complexity index is 583. The highest BCUT2D eigenvalue weighted by atomic mass is 32.2. The van der Waals surface area contributed by atoms with Gasteiger partial charge in [0.1, 0.15) is 0 Å². The normalized spacial score (nSPS) is 48.8. The van der Waals surface area contributed by atoms with E-state index in [0.717, 1.165) is 12.2 Å². The summed E-state index contributed by atoms with van der Waals surface area (Å²) in [6.45, 7) is 6.80. The van der Waals surface area contributed by atoms with Gasteiger partial charge in [-0.25, -0.2) is 4.99 Å². The number of hydrogen-bond acceptors (Lipinski definition) is 5. The molecule has 0 unspecified atom stereocenters. The number of nitrogens with one attached hydrogen (secondary N) is 1. The van der Waals surface area contributed by atoms with Gasteiger partial charge in [-0.1, -0.05) is 32.5 Å². The van der Waals surface area contributed by atoms with Crippen molar-refractivity contribution in [2.75, 3.05) is 12.4 Å². The standard InChI is InChI=1S/C14H18N4OS/c1-9(2)6-11(3)12(7-15)10(17)18-14(13(11,12)8-16)19-4-5-20-14/h9H,4-6H2,1-3H3,(H2,17,18)/p+1/t11-,12+,13-,14-/m1/s1. The van der Waals surface area contributed by atoms with Crippen LogP contribution in [0.25, 0.3) is 0 Å². The smallest absolute Gasteiger partial charge is 0.277 e. The zero-order valence-electron chi connectivity index (χ0n) is 12.0. The predicted octanol–water partition coefficient (Wildman–Crippen LogP) is -0.0590. The van der Waals surface area contributed by atoms with Crippen molar-refractivity contribution in [2.45, 2.75) is 32.2 Å². The van der Waals surface area contributed by atoms with Crippen LogP contribution in [0.2, 0.25) is 0 Å². The largest absolute Gasteiger partial charge is 0.327 e. The monoisotopic (exact) mass is 291 g/mol. The van der Waals surface area contributed by atoms with Crippen LogP contribution >= 0.6 is 11.8 Å². The molecule has 3 rings (SSSR count). The van der Waals surface area contributed by atoms with Crippen LogP contribution in [-0.4, -0.2) is 23.3 Å². The fraction of sp³-hybridized carbons (Fsp3) is 0.786. The van der Waals surface area contributed by atoms with E-state index >= 15 is 0 Å². The van der Waals surface area contributed by atoms with Crippen LogP contribution in [0, 0.1) is 44.8 Å². The van der Waals surface area contributed by atoms with E-state index in [2.05, 4.69) is 31.0 Å². The molecule has 5 nitrogen and oxygen atoms in total. The summed E-state index contributed by atoms with van der Waals surface area (Å²) in [7, 11) is 0. The molecule has 1 aliphatic carbocycles. The lowest BCUT2D eigenvalue weighted by Gasteiger charge is -2.28. The molecule has 0 bridgehead atoms. The lowest BCUT2D eigenvalue weighted by atomic mass is 9.84. The Kier molecular flexibility index (Phi) is 2.53. The van der Waals surface area contributed by atoms with Crippen LogP contribution in [-0.2, 0) is 4.74 Å². The van der Waals surface area contributed by atoms with Crippen molar-refractivity contribution in [1.82, 2.24) is 0 Å². The average Bonchev–Trinajstić information content (AvgIpc) is 2.71. The van der Waals surface area contributed by atoms with Gasteiger partial charge in [0.15, 0.2) is 10.8 Å². The minimum atomic E-state index is -0.948. The van der Waals surface area contributed by atoms with Crippen molar-refractivity contribution < 1.29 is 9.73 Å². The molecule has 0 aromatic carbocycles. The van der Waals surface area contributed by atoms with Gasteiger partial charge in [0.25, 0.3) is 10.9 Å². The number of nitriles is 2. The summed E-state index contributed by atoms with van der Waals surface area (Å²) in [6, 6.07) is 4.80. The first-order valence-corrected chi connectivity index (χ1v) is 7.87. The number of rotatable bonds is 2. The van der Waals surface area contributed by atoms with E-state index in [1.54, 1.807) is 11.8 Å². The highest BCUT2D eigenvalue weighted by Crippen LogP contribution is 2.85. The number of ether oxygens (including phenoxy) is 1. The number of nitrogens with zero attached hydrogens (tertiary/aromatic N) is 2. The number of fused-ring (bicyclic) bond motifs is 2. The molecule has 1 saturated carbocycles. The van der Waals surface area contributed by atoms with Crippen LogP contribution < -0.4 is 10.7 Å². The second-order valence-corrected chi connectivity index (χ2v) is 7.78. The van der Waals surface area contributed by atoms with Gasteiger partial charge < -0.3 is 4.74 Å². The Balaban J connectivity index is 2.21. The number of thioether (sulfide) groups is 1. The Hall–Kier alpha value is -1.24. The Morgan fingerprint density at radius 3 is 2.60 bits per heavy atom. The third-order valence-corrected chi connectivity index (χ3v) is 6.50. The van der Waals surface area contributed by atoms with Gasteiger partial charge in [-0.3, -0.25) is 5.73 Å². The minimum absolute atomic E-state index is 0.386. The molecule has 6 heteroatoms. The van der Waals surface area contributed by atoms with Crippen molar-refractivity contribution in [2.24, 2.45) is 27.9 Å². The van der Waals surface area contributed by atoms with Gasteiger partial charge >= 0.3 is 0 Å². The third-order valence-electron chi connectivity index (χ3n) is 5.20. The molecule has 0 aromatic rings. The van der Waals surface area contributed by atoms with E-state index in [9.17, 15) is 10.5 Å². The summed E-state index contributed by atoms with van der Waals surface area (Å²) in [5, 5.41) is 18.9. The summed E-state index contributed by atoms with van der Waals surface area (Å²) in [5.41, 5.74) is 3.85. The zero-order valence-corrected chi connectivity index (χ0v) is 12.8. The molecule has 0 radical (unpaired) electrons. The first-order chi connectivity index (χ1) is 9.37. The van der Waals surface area contributed by atoms with Gasteiger partial charge in [-0.15, -0.1) is 0 Å². The molecule has 3 N–H and O–H groups in total. The Morgan fingerprint density at radius 2 is 2.15 bits per heavy atom. The Morgan fingerprint density at radius 1 is 1.45 bits per heavy atom. The van der Waals surface area contributed by atoms with Crippen molar-refractivity contribution in [1.29, 1.82) is 10.5 Å². The van der Waals surface area contributed by atoms with E-state index in [1.807, 2.05) is 6.92 Å². The third kappa shape index (κ3) is 1.02. The molecular formula is C14H19N4OS+. The van der Waals surface area contributed by atoms with Crippen LogP contribution in [0.4, 0.5) is 0 Å². The fourth-order valence-corrected chi connectivity index (χ4v) is 6.07. The lowest BCUT2D eigenvalue weighted by molar-refractivity contribution is -0.585. The van der Waals surface area contributed by atoms with Crippen LogP contribution in [0.1, 0.15) is 27.2 Å². The quantitative estimate of drug-likeness (QED) is 0.743. The molecule has 1 spiro atoms. The first-order valence-electron chi connectivity index (χ1n) is 6.89. The van der Waals surface area contributed by atoms with Gasteiger partial charge in [-0.2, -0.15) is 10.5 Å². The second-order valence-electron chi connectivity index (χ2n) is 6.51. The maximum atomic E-state index is 9.95. The highest BCUT2D eigenvalue weighted by Gasteiger charge is 3.01. The molecular weight excluding hydrogens is 272 g/mol. The topological polar surface area (TPSA) is 96.8 Å². The van der Waals surface area contributed by atoms with E-state index in [1.165, 1.54) is 0 Å². The lowest BCUT2D eigenvalue weighted by Crippen LogP contribution is -2.88. The molecule has 3 aliphatic rings. The van der Waals surface area contributed by atoms with Gasteiger partial charge in [0.2, 0.25) is 0 Å². The summed E-state index contributed by atoms with van der Waals surface area (Å²) in [5.74, 6) is 1.60. The summed E-state index contributed by atoms with van der Waals surface area (Å²) in [6.07, 6.45) is 0.780. The van der Waals surface area contributed by atoms with Crippen molar-refractivity contribution in [3.8, 4) is 12.1 Å². The molecule has 0 amide bonds. The maximum absolute atomic E-state index is 9.95. The minimum Gasteiger partial charge on any atom is -0.327 e. The van der Waals surface area contributed by atoms with Gasteiger partial charge in [0.05, 0.1) is 18.7 Å². The summed E-state index contributed by atoms with van der Waals surface area (Å²) < 4.78 is 5.90. The molecule has 2 aliphatic heterocycles. The number of nitrogens with two attached hydrogens (primary N) is 1. The average molecular weight is 291 g/mol. The van der Waals surface area contributed by atoms with E-state index < -0.39 is 21.3 Å². The fourth-order valence-electron chi connectivity index (χ4n) is 4.63. The molecule has 2 fully saturated rings. The van der Waals surface area contributed by atoms with Crippen molar-refractivity contribution >= 4 is 17.6 Å². The first kappa shape index (κ1) is 13.7. The van der Waals surface area contributed by atoms with Crippen LogP contribution in [0.3, 0.4) is 0 Å². The molecule has 20 heavy (non-hydrogen) atoms. The zero-order chi connectivity index (χ0) is 14.8. The number of amidine groups is 1. The van der Waals surface area contributed by atoms with E-state index in [4.69, 9.17) is 10.5 Å². The molecule has 106 valence electrons. The van der Waals surface area contributed by atoms with Crippen LogP contribution in [0.5, 0.6) is 0 Å². The van der Waals surface area contributed by atoms with Gasteiger partial charge in [-0.05, 0) is 12.3 Å². The van der Waals surface area contributed by atoms with Crippen molar-refractivity contribution in [3.05, 3.63) is 0 Å². The maximum Gasteiger partial charge on any atom is 0.277 e. The van der Waals surface area contributed by atoms with Crippen LogP contribution in [0.15, 0.2) is 0 Å². The molecule has 4 atom stereocenters. The predicted molar refractivity (Wildman–Crippen MR) is 75.0 cm³/mol. The number of hydrogen-bond donors (Lipinski definition) is 2. The van der Waals surface area contributed by atoms with Crippen molar-refractivity contribution in [3.63, 3.8) is 0 Å². The summed E-state index contributed by atoms with van der Waals surface area (Å²) >= 11 is 1.56. The van der Waals surface area contributed by atoms with Gasteiger partial charge in [0, 0.05) is 11.2 Å². The van der Waals surface area contributed by atoms with E-state index in [-0.39, 0.29) is 0 Å². The second kappa shape index (κ2) is 3.69.